The van der Waals surface area contributed by atoms with Crippen LogP contribution >= 0.6 is 11.3 Å². The molecule has 2 heterocycles. The van der Waals surface area contributed by atoms with Gasteiger partial charge in [-0.15, -0.1) is 11.3 Å². The number of anilines is 1. The van der Waals surface area contributed by atoms with Crippen molar-refractivity contribution < 1.29 is 14.3 Å². The van der Waals surface area contributed by atoms with Crippen LogP contribution in [-0.2, 0) is 22.6 Å². The summed E-state index contributed by atoms with van der Waals surface area (Å²) in [6, 6.07) is 0.279. The van der Waals surface area contributed by atoms with Crippen LogP contribution in [0.1, 0.15) is 78.6 Å². The van der Waals surface area contributed by atoms with Gasteiger partial charge in [0.05, 0.1) is 24.2 Å². The van der Waals surface area contributed by atoms with E-state index < -0.39 is 0 Å². The molecule has 1 aliphatic heterocycles. The molecular formula is C23H30N2O3S. The fraction of sp³-hybridized carbons (Fsp3) is 0.739. The summed E-state index contributed by atoms with van der Waals surface area (Å²) in [7, 11) is 0. The topological polar surface area (TPSA) is 67.4 Å². The maximum absolute atomic E-state index is 13.5. The van der Waals surface area contributed by atoms with Crippen molar-refractivity contribution in [1.29, 1.82) is 0 Å². The molecule has 7 rings (SSSR count). The van der Waals surface area contributed by atoms with Gasteiger partial charge in [0.2, 0.25) is 5.91 Å². The number of carbonyl (C=O) groups excluding carboxylic acids is 2. The molecule has 1 aromatic rings. The number of hydrogen-bond acceptors (Lipinski definition) is 4. The van der Waals surface area contributed by atoms with Crippen LogP contribution in [0.3, 0.4) is 0 Å². The van der Waals surface area contributed by atoms with Gasteiger partial charge in [0.1, 0.15) is 5.00 Å². The van der Waals surface area contributed by atoms with Crippen molar-refractivity contribution >= 4 is 28.2 Å². The molecular weight excluding hydrogens is 384 g/mol. The number of nitrogens with one attached hydrogen (secondary N) is 2. The number of hydrogen-bond donors (Lipinski definition) is 2. The Kier molecular flexibility index (Phi) is 4.31. The third-order valence-corrected chi connectivity index (χ3v) is 9.53. The molecule has 5 aliphatic carbocycles. The summed E-state index contributed by atoms with van der Waals surface area (Å²) in [6.45, 7) is 1.20. The Morgan fingerprint density at radius 1 is 1.07 bits per heavy atom. The maximum Gasteiger partial charge on any atom is 0.254 e. The van der Waals surface area contributed by atoms with Gasteiger partial charge in [-0.25, -0.2) is 0 Å². The van der Waals surface area contributed by atoms with Crippen molar-refractivity contribution in [1.82, 2.24) is 5.32 Å². The Labute approximate surface area is 176 Å². The van der Waals surface area contributed by atoms with Gasteiger partial charge < -0.3 is 15.4 Å². The number of amides is 2. The Hall–Kier alpha value is -1.40. The third-order valence-electron chi connectivity index (χ3n) is 8.41. The monoisotopic (exact) mass is 414 g/mol. The van der Waals surface area contributed by atoms with Crippen molar-refractivity contribution in [3.63, 3.8) is 0 Å². The minimum atomic E-state index is -0.173. The average Bonchev–Trinajstić information content (AvgIpc) is 3.43. The normalized spacial score (nSPS) is 35.1. The highest BCUT2D eigenvalue weighted by Crippen LogP contribution is 2.65. The summed E-state index contributed by atoms with van der Waals surface area (Å²) in [5.41, 5.74) is 1.65. The zero-order valence-corrected chi connectivity index (χ0v) is 17.7. The summed E-state index contributed by atoms with van der Waals surface area (Å²) in [4.78, 5) is 27.9. The molecule has 4 bridgehead atoms. The molecule has 0 radical (unpaired) electrons. The number of fused-ring (bicyclic) bond motifs is 1. The van der Waals surface area contributed by atoms with Crippen molar-refractivity contribution in [3.05, 3.63) is 16.0 Å². The summed E-state index contributed by atoms with van der Waals surface area (Å²) in [5, 5.41) is 7.30. The fourth-order valence-corrected chi connectivity index (χ4v) is 8.46. The molecule has 5 fully saturated rings. The predicted molar refractivity (Wildman–Crippen MR) is 112 cm³/mol. The quantitative estimate of drug-likeness (QED) is 0.774. The zero-order chi connectivity index (χ0) is 19.6. The van der Waals surface area contributed by atoms with Crippen LogP contribution in [0.25, 0.3) is 0 Å². The molecule has 2 unspecified atom stereocenters. The van der Waals surface area contributed by atoms with Crippen LogP contribution in [0.5, 0.6) is 0 Å². The number of carbonyl (C=O) groups is 2. The van der Waals surface area contributed by atoms with Gasteiger partial charge in [-0.05, 0) is 74.7 Å². The first-order chi connectivity index (χ1) is 14.1. The second-order valence-corrected chi connectivity index (χ2v) is 11.2. The minimum absolute atomic E-state index is 0.00124. The Morgan fingerprint density at radius 2 is 1.83 bits per heavy atom. The van der Waals surface area contributed by atoms with Gasteiger partial charge >= 0.3 is 0 Å². The van der Waals surface area contributed by atoms with E-state index in [0.29, 0.717) is 19.1 Å². The fourth-order valence-electron chi connectivity index (χ4n) is 7.28. The van der Waals surface area contributed by atoms with Crippen molar-refractivity contribution in [2.24, 2.45) is 23.2 Å². The van der Waals surface area contributed by atoms with E-state index >= 15 is 0 Å². The van der Waals surface area contributed by atoms with E-state index in [1.54, 1.807) is 11.3 Å². The lowest BCUT2D eigenvalue weighted by molar-refractivity contribution is -0.127. The van der Waals surface area contributed by atoms with Gasteiger partial charge in [-0.1, -0.05) is 12.8 Å². The molecule has 2 atom stereocenters. The highest BCUT2D eigenvalue weighted by atomic mass is 32.1. The smallest absolute Gasteiger partial charge is 0.254 e. The van der Waals surface area contributed by atoms with E-state index in [4.69, 9.17) is 4.74 Å². The van der Waals surface area contributed by atoms with Crippen LogP contribution in [0.4, 0.5) is 5.00 Å². The molecule has 2 amide bonds. The molecule has 0 saturated heterocycles. The van der Waals surface area contributed by atoms with Crippen LogP contribution in [-0.4, -0.2) is 24.5 Å². The number of rotatable bonds is 4. The molecule has 29 heavy (non-hydrogen) atoms. The first-order valence-corrected chi connectivity index (χ1v) is 12.3. The van der Waals surface area contributed by atoms with Gasteiger partial charge in [0.25, 0.3) is 5.91 Å². The minimum Gasteiger partial charge on any atom is -0.376 e. The van der Waals surface area contributed by atoms with Gasteiger partial charge in [0.15, 0.2) is 0 Å². The summed E-state index contributed by atoms with van der Waals surface area (Å²) in [5.74, 6) is 2.23. The molecule has 0 aromatic carbocycles. The second-order valence-electron chi connectivity index (χ2n) is 10.1. The highest BCUT2D eigenvalue weighted by molar-refractivity contribution is 7.17. The van der Waals surface area contributed by atoms with Crippen LogP contribution in [0.15, 0.2) is 0 Å². The molecule has 1 aromatic heterocycles. The van der Waals surface area contributed by atoms with E-state index in [9.17, 15) is 9.59 Å². The standard InChI is InChI=1S/C23H30N2O3S/c26-20(24-16-3-1-2-4-16)19-17-5-6-28-12-18(17)29-21(19)25-22(27)23-10-13-7-14(11-23)9-15(23)8-13/h13-16H,1-12H2,(H,24,26)(H,25,27). The molecule has 6 aliphatic rings. The van der Waals surface area contributed by atoms with Crippen molar-refractivity contribution in [2.45, 2.75) is 76.9 Å². The number of thiophene rings is 1. The largest absolute Gasteiger partial charge is 0.376 e. The molecule has 2 N–H and O–H groups in total. The van der Waals surface area contributed by atoms with Crippen LogP contribution in [0, 0.1) is 23.2 Å². The molecule has 6 heteroatoms. The van der Waals surface area contributed by atoms with Gasteiger partial charge in [-0.3, -0.25) is 9.59 Å². The van der Waals surface area contributed by atoms with Gasteiger partial charge in [-0.2, -0.15) is 0 Å². The second kappa shape index (κ2) is 6.81. The maximum atomic E-state index is 13.5. The van der Waals surface area contributed by atoms with E-state index in [0.717, 1.165) is 64.9 Å². The molecule has 5 nitrogen and oxygen atoms in total. The van der Waals surface area contributed by atoms with Crippen molar-refractivity contribution in [3.8, 4) is 0 Å². The zero-order valence-electron chi connectivity index (χ0n) is 16.9. The first-order valence-electron chi connectivity index (χ1n) is 11.5. The van der Waals surface area contributed by atoms with E-state index in [1.165, 1.54) is 32.1 Å². The van der Waals surface area contributed by atoms with Gasteiger partial charge in [0, 0.05) is 10.9 Å². The summed E-state index contributed by atoms with van der Waals surface area (Å²) in [6.07, 6.45) is 11.2. The molecule has 0 spiro atoms. The Bertz CT molecular complexity index is 843. The first kappa shape index (κ1) is 18.4. The van der Waals surface area contributed by atoms with Crippen LogP contribution < -0.4 is 10.6 Å². The molecule has 5 saturated carbocycles. The average molecular weight is 415 g/mol. The number of ether oxygens (including phenoxy) is 1. The van der Waals surface area contributed by atoms with Crippen molar-refractivity contribution in [2.75, 3.05) is 11.9 Å². The lowest BCUT2D eigenvalue weighted by Gasteiger charge is -2.31. The van der Waals surface area contributed by atoms with E-state index in [1.807, 2.05) is 0 Å². The van der Waals surface area contributed by atoms with E-state index in [2.05, 4.69) is 10.6 Å². The summed E-state index contributed by atoms with van der Waals surface area (Å²) < 4.78 is 5.64. The van der Waals surface area contributed by atoms with E-state index in [-0.39, 0.29) is 23.3 Å². The Balaban J connectivity index is 1.29. The Morgan fingerprint density at radius 3 is 2.59 bits per heavy atom. The summed E-state index contributed by atoms with van der Waals surface area (Å²) >= 11 is 1.56. The lowest BCUT2D eigenvalue weighted by atomic mass is 9.75. The lowest BCUT2D eigenvalue weighted by Crippen LogP contribution is -2.38. The third kappa shape index (κ3) is 2.89. The SMILES string of the molecule is O=C(NC1CCCC1)c1c(NC(=O)C23CC4CC(CC2C4)C3)sc2c1CCOC2. The highest BCUT2D eigenvalue weighted by Gasteiger charge is 2.61. The predicted octanol–water partition coefficient (Wildman–Crippen LogP) is 4.26. The van der Waals surface area contributed by atoms with Crippen LogP contribution in [0.2, 0.25) is 0 Å². The molecule has 156 valence electrons.